The molecule has 0 spiro atoms. The summed E-state index contributed by atoms with van der Waals surface area (Å²) in [5.74, 6) is -0.798. The highest BCUT2D eigenvalue weighted by Gasteiger charge is 2.32. The molecule has 1 aliphatic rings. The Morgan fingerprint density at radius 3 is 1.98 bits per heavy atom. The van der Waals surface area contributed by atoms with Crippen LogP contribution < -0.4 is 5.73 Å². The third kappa shape index (κ3) is 10.4. The lowest BCUT2D eigenvalue weighted by Crippen LogP contribution is -2.23. The molecule has 12 heteroatoms. The molecule has 2 unspecified atom stereocenters. The average molecular weight is 573 g/mol. The monoisotopic (exact) mass is 572 g/mol. The van der Waals surface area contributed by atoms with Crippen LogP contribution >= 0.6 is 0 Å². The molecular formula is C28H30F6N2O4. The zero-order valence-corrected chi connectivity index (χ0v) is 21.9. The Morgan fingerprint density at radius 2 is 1.48 bits per heavy atom. The fourth-order valence-electron chi connectivity index (χ4n) is 3.97. The van der Waals surface area contributed by atoms with Gasteiger partial charge in [0.15, 0.2) is 0 Å². The summed E-state index contributed by atoms with van der Waals surface area (Å²) < 4.78 is 83.9. The van der Waals surface area contributed by atoms with Gasteiger partial charge in [-0.05, 0) is 54.3 Å². The Hall–Kier alpha value is -3.83. The highest BCUT2D eigenvalue weighted by Crippen LogP contribution is 2.34. The lowest BCUT2D eigenvalue weighted by molar-refractivity contribution is -0.141. The number of benzene rings is 2. The number of methoxy groups -OCH3 is 2. The molecule has 0 bridgehead atoms. The smallest absolute Gasteiger partial charge is 0.416 e. The molecule has 218 valence electrons. The predicted octanol–water partition coefficient (Wildman–Crippen LogP) is 6.54. The van der Waals surface area contributed by atoms with Crippen LogP contribution in [-0.2, 0) is 31.4 Å². The highest BCUT2D eigenvalue weighted by atomic mass is 19.4. The van der Waals surface area contributed by atoms with E-state index < -0.39 is 35.4 Å². The van der Waals surface area contributed by atoms with Crippen molar-refractivity contribution >= 4 is 23.9 Å². The van der Waals surface area contributed by atoms with E-state index in [-0.39, 0.29) is 18.4 Å². The molecule has 2 aromatic rings. The van der Waals surface area contributed by atoms with E-state index in [9.17, 15) is 35.9 Å². The van der Waals surface area contributed by atoms with E-state index in [4.69, 9.17) is 10.5 Å². The Morgan fingerprint density at radius 1 is 0.925 bits per heavy atom. The van der Waals surface area contributed by atoms with Crippen molar-refractivity contribution in [1.82, 2.24) is 0 Å². The van der Waals surface area contributed by atoms with Gasteiger partial charge in [0.1, 0.15) is 0 Å². The second kappa shape index (κ2) is 14.5. The Bertz CT molecular complexity index is 1170. The van der Waals surface area contributed by atoms with Crippen molar-refractivity contribution in [2.45, 2.75) is 56.4 Å². The SMILES string of the molecule is COC(=O)C=Cc1ccc(C(F)(F)F)cc1.COC(=O)CC(c1ccc(C(F)(F)F)cc1)C1CCCCC(N)=N1. The minimum atomic E-state index is -4.39. The molecule has 40 heavy (non-hydrogen) atoms. The molecule has 0 aliphatic carbocycles. The van der Waals surface area contributed by atoms with Crippen LogP contribution in [0.5, 0.6) is 0 Å². The van der Waals surface area contributed by atoms with Gasteiger partial charge in [0.2, 0.25) is 0 Å². The second-order valence-electron chi connectivity index (χ2n) is 8.92. The summed E-state index contributed by atoms with van der Waals surface area (Å²) in [4.78, 5) is 26.9. The van der Waals surface area contributed by atoms with E-state index >= 15 is 0 Å². The van der Waals surface area contributed by atoms with Crippen LogP contribution in [0.3, 0.4) is 0 Å². The zero-order valence-electron chi connectivity index (χ0n) is 21.9. The van der Waals surface area contributed by atoms with Crippen molar-refractivity contribution in [3.05, 3.63) is 76.9 Å². The standard InChI is InChI=1S/C17H21F3N2O2.C11H9F3O2/c1-24-16(23)10-13(14-4-2-3-5-15(21)22-14)11-6-8-12(9-7-11)17(18,19)20;1-16-10(15)7-4-8-2-5-9(6-3-8)11(12,13)14/h6-9,13-14H,2-5,10H2,1H3,(H2,21,22);2-7H,1H3. The fraction of sp³-hybridized carbons (Fsp3) is 0.393. The molecule has 0 saturated heterocycles. The van der Waals surface area contributed by atoms with Crippen molar-refractivity contribution < 1.29 is 45.4 Å². The number of nitrogens with zero attached hydrogens (tertiary/aromatic N) is 1. The number of rotatable bonds is 6. The molecule has 0 aromatic heterocycles. The molecule has 3 rings (SSSR count). The van der Waals surface area contributed by atoms with Gasteiger partial charge in [0.05, 0.1) is 43.6 Å². The van der Waals surface area contributed by atoms with Gasteiger partial charge in [-0.1, -0.05) is 30.7 Å². The number of aliphatic imine (C=N–C) groups is 1. The Kier molecular flexibility index (Phi) is 11.8. The minimum absolute atomic E-state index is 0.0588. The zero-order chi connectivity index (χ0) is 29.9. The molecule has 2 atom stereocenters. The molecule has 2 N–H and O–H groups in total. The molecular weight excluding hydrogens is 542 g/mol. The number of nitrogens with two attached hydrogens (primary N) is 1. The van der Waals surface area contributed by atoms with Crippen molar-refractivity contribution in [1.29, 1.82) is 0 Å². The van der Waals surface area contributed by atoms with E-state index in [1.807, 2.05) is 0 Å². The molecule has 0 saturated carbocycles. The Balaban J connectivity index is 0.000000305. The third-order valence-electron chi connectivity index (χ3n) is 6.11. The van der Waals surface area contributed by atoms with Crippen LogP contribution in [0, 0.1) is 0 Å². The topological polar surface area (TPSA) is 91.0 Å². The number of amidine groups is 1. The first-order chi connectivity index (χ1) is 18.7. The number of esters is 2. The average Bonchev–Trinajstić information content (AvgIpc) is 3.14. The van der Waals surface area contributed by atoms with Crippen molar-refractivity contribution in [3.8, 4) is 0 Å². The second-order valence-corrected chi connectivity index (χ2v) is 8.92. The van der Waals surface area contributed by atoms with E-state index in [1.165, 1.54) is 44.6 Å². The number of alkyl halides is 6. The van der Waals surface area contributed by atoms with Gasteiger partial charge in [-0.25, -0.2) is 4.79 Å². The summed E-state index contributed by atoms with van der Waals surface area (Å²) in [6, 6.07) is 9.12. The molecule has 2 aromatic carbocycles. The van der Waals surface area contributed by atoms with Gasteiger partial charge in [-0.3, -0.25) is 9.79 Å². The van der Waals surface area contributed by atoms with Gasteiger partial charge < -0.3 is 15.2 Å². The van der Waals surface area contributed by atoms with Crippen LogP contribution in [0.25, 0.3) is 6.08 Å². The van der Waals surface area contributed by atoms with E-state index in [1.54, 1.807) is 0 Å². The minimum Gasteiger partial charge on any atom is -0.469 e. The van der Waals surface area contributed by atoms with Crippen LogP contribution in [0.4, 0.5) is 26.3 Å². The molecule has 6 nitrogen and oxygen atoms in total. The first-order valence-electron chi connectivity index (χ1n) is 12.2. The molecule has 1 heterocycles. The maximum absolute atomic E-state index is 12.7. The fourth-order valence-corrected chi connectivity index (χ4v) is 3.97. The van der Waals surface area contributed by atoms with E-state index in [0.717, 1.165) is 49.6 Å². The summed E-state index contributed by atoms with van der Waals surface area (Å²) in [5.41, 5.74) is 5.57. The third-order valence-corrected chi connectivity index (χ3v) is 6.11. The maximum atomic E-state index is 12.7. The quantitative estimate of drug-likeness (QED) is 0.241. The summed E-state index contributed by atoms with van der Waals surface area (Å²) in [6.07, 6.45) is -2.88. The van der Waals surface area contributed by atoms with Crippen molar-refractivity contribution in [2.75, 3.05) is 14.2 Å². The molecule has 0 amide bonds. The lowest BCUT2D eigenvalue weighted by Gasteiger charge is -2.23. The number of halogens is 6. The highest BCUT2D eigenvalue weighted by molar-refractivity contribution is 5.86. The largest absolute Gasteiger partial charge is 0.469 e. The van der Waals surface area contributed by atoms with Crippen LogP contribution in [0.2, 0.25) is 0 Å². The van der Waals surface area contributed by atoms with E-state index in [2.05, 4.69) is 9.73 Å². The summed E-state index contributed by atoms with van der Waals surface area (Å²) in [6.45, 7) is 0. The van der Waals surface area contributed by atoms with Crippen LogP contribution in [0.15, 0.2) is 59.6 Å². The maximum Gasteiger partial charge on any atom is 0.416 e. The molecule has 1 aliphatic heterocycles. The van der Waals surface area contributed by atoms with Gasteiger partial charge in [0, 0.05) is 18.4 Å². The summed E-state index contributed by atoms with van der Waals surface area (Å²) in [7, 11) is 2.51. The number of hydrogen-bond acceptors (Lipinski definition) is 6. The lowest BCUT2D eigenvalue weighted by atomic mass is 9.86. The van der Waals surface area contributed by atoms with Gasteiger partial charge in [-0.2, -0.15) is 26.3 Å². The van der Waals surface area contributed by atoms with E-state index in [0.29, 0.717) is 23.4 Å². The van der Waals surface area contributed by atoms with Crippen LogP contribution in [-0.4, -0.2) is 38.0 Å². The number of hydrogen-bond donors (Lipinski definition) is 1. The number of carbonyl (C=O) groups is 2. The molecule has 0 fully saturated rings. The van der Waals surface area contributed by atoms with Crippen LogP contribution in [0.1, 0.15) is 60.3 Å². The van der Waals surface area contributed by atoms with Gasteiger partial charge >= 0.3 is 24.3 Å². The van der Waals surface area contributed by atoms with Crippen molar-refractivity contribution in [2.24, 2.45) is 10.7 Å². The Labute approximate surface area is 227 Å². The first-order valence-corrected chi connectivity index (χ1v) is 12.2. The van der Waals surface area contributed by atoms with Gasteiger partial charge in [-0.15, -0.1) is 0 Å². The summed E-state index contributed by atoms with van der Waals surface area (Å²) in [5, 5.41) is 0. The molecule has 0 radical (unpaired) electrons. The van der Waals surface area contributed by atoms with Gasteiger partial charge in [0.25, 0.3) is 0 Å². The normalized spacial score (nSPS) is 16.7. The number of ether oxygens (including phenoxy) is 2. The first kappa shape index (κ1) is 32.4. The number of carbonyl (C=O) groups excluding carboxylic acids is 2. The van der Waals surface area contributed by atoms with Crippen molar-refractivity contribution in [3.63, 3.8) is 0 Å². The predicted molar refractivity (Wildman–Crippen MR) is 137 cm³/mol. The summed E-state index contributed by atoms with van der Waals surface area (Å²) >= 11 is 0.